The fraction of sp³-hybridized carbons (Fsp3) is 0.500. The molecule has 0 fully saturated rings. The maximum atomic E-state index is 12.4. The van der Waals surface area contributed by atoms with E-state index in [1.807, 2.05) is 0 Å². The van der Waals surface area contributed by atoms with Crippen molar-refractivity contribution < 1.29 is 27.8 Å². The predicted octanol–water partition coefficient (Wildman–Crippen LogP) is 1.57. The van der Waals surface area contributed by atoms with Crippen LogP contribution >= 0.6 is 12.4 Å². The zero-order valence-electron chi connectivity index (χ0n) is 12.9. The van der Waals surface area contributed by atoms with E-state index in [1.54, 1.807) is 7.11 Å². The van der Waals surface area contributed by atoms with Crippen molar-refractivity contribution >= 4 is 18.3 Å². The average Bonchev–Trinajstić information content (AvgIpc) is 2.50. The molecule has 23 heavy (non-hydrogen) atoms. The van der Waals surface area contributed by atoms with Crippen LogP contribution in [-0.2, 0) is 16.1 Å². The third kappa shape index (κ3) is 8.53. The second kappa shape index (κ2) is 11.9. The monoisotopic (exact) mass is 354 g/mol. The Labute approximate surface area is 139 Å². The van der Waals surface area contributed by atoms with Gasteiger partial charge in [-0.2, -0.15) is 8.78 Å². The molecule has 1 amide bonds. The fourth-order valence-corrected chi connectivity index (χ4v) is 1.66. The second-order valence-corrected chi connectivity index (χ2v) is 4.30. The zero-order valence-corrected chi connectivity index (χ0v) is 13.8. The lowest BCUT2D eigenvalue weighted by Gasteiger charge is -2.13. The lowest BCUT2D eigenvalue weighted by molar-refractivity contribution is -0.120. The highest BCUT2D eigenvalue weighted by Crippen LogP contribution is 2.25. The van der Waals surface area contributed by atoms with Crippen LogP contribution in [0, 0.1) is 0 Å². The molecule has 132 valence electrons. The Kier molecular flexibility index (Phi) is 11.0. The van der Waals surface area contributed by atoms with E-state index in [9.17, 15) is 13.6 Å². The minimum atomic E-state index is -2.93. The van der Waals surface area contributed by atoms with Crippen LogP contribution in [0.4, 0.5) is 8.78 Å². The third-order valence-corrected chi connectivity index (χ3v) is 2.73. The number of carbonyl (C=O) groups excluding carboxylic acids is 1. The summed E-state index contributed by atoms with van der Waals surface area (Å²) >= 11 is 0. The summed E-state index contributed by atoms with van der Waals surface area (Å²) in [6, 6.07) is 4.43. The summed E-state index contributed by atoms with van der Waals surface area (Å²) in [5, 5.41) is 5.50. The van der Waals surface area contributed by atoms with Crippen molar-refractivity contribution in [3.05, 3.63) is 23.8 Å². The van der Waals surface area contributed by atoms with Crippen molar-refractivity contribution in [3.63, 3.8) is 0 Å². The number of carbonyl (C=O) groups is 1. The molecule has 0 saturated heterocycles. The molecule has 1 aromatic rings. The molecule has 9 heteroatoms. The Hall–Kier alpha value is -1.64. The molecule has 0 spiro atoms. The first-order chi connectivity index (χ1) is 10.6. The number of amides is 1. The fourth-order valence-electron chi connectivity index (χ4n) is 1.66. The van der Waals surface area contributed by atoms with Gasteiger partial charge in [-0.1, -0.05) is 0 Å². The first-order valence-corrected chi connectivity index (χ1v) is 6.65. The highest BCUT2D eigenvalue weighted by atomic mass is 35.5. The molecule has 0 aromatic heterocycles. The topological polar surface area (TPSA) is 68.8 Å². The lowest BCUT2D eigenvalue weighted by Crippen LogP contribution is -2.34. The van der Waals surface area contributed by atoms with Gasteiger partial charge in [0.05, 0.1) is 20.3 Å². The number of methoxy groups -OCH3 is 2. The molecular weight excluding hydrogens is 334 g/mol. The van der Waals surface area contributed by atoms with Crippen LogP contribution < -0.4 is 20.1 Å². The number of alkyl halides is 2. The predicted molar refractivity (Wildman–Crippen MR) is 83.5 cm³/mol. The van der Waals surface area contributed by atoms with Crippen molar-refractivity contribution in [2.75, 3.05) is 33.9 Å². The van der Waals surface area contributed by atoms with Gasteiger partial charge in [-0.15, -0.1) is 12.4 Å². The number of hydrogen-bond donors (Lipinski definition) is 2. The molecule has 0 radical (unpaired) electrons. The number of rotatable bonds is 10. The van der Waals surface area contributed by atoms with E-state index in [4.69, 9.17) is 9.47 Å². The largest absolute Gasteiger partial charge is 0.497 e. The van der Waals surface area contributed by atoms with Crippen LogP contribution in [0.15, 0.2) is 18.2 Å². The number of benzene rings is 1. The molecule has 6 nitrogen and oxygen atoms in total. The minimum Gasteiger partial charge on any atom is -0.497 e. The van der Waals surface area contributed by atoms with Crippen molar-refractivity contribution in [3.8, 4) is 11.5 Å². The van der Waals surface area contributed by atoms with Gasteiger partial charge < -0.3 is 24.8 Å². The maximum absolute atomic E-state index is 12.4. The molecule has 0 aliphatic heterocycles. The summed E-state index contributed by atoms with van der Waals surface area (Å²) in [5.74, 6) is 0.231. The van der Waals surface area contributed by atoms with Crippen LogP contribution in [0.3, 0.4) is 0 Å². The highest BCUT2D eigenvalue weighted by Gasteiger charge is 2.12. The quantitative estimate of drug-likeness (QED) is 0.624. The normalized spacial score (nSPS) is 10.1. The summed E-state index contributed by atoms with van der Waals surface area (Å²) < 4.78 is 39.0. The van der Waals surface area contributed by atoms with E-state index in [-0.39, 0.29) is 37.2 Å². The second-order valence-electron chi connectivity index (χ2n) is 4.30. The summed E-state index contributed by atoms with van der Waals surface area (Å²) in [7, 11) is 3.03. The van der Waals surface area contributed by atoms with Crippen LogP contribution in [0.1, 0.15) is 5.56 Å². The summed E-state index contributed by atoms with van der Waals surface area (Å²) in [6.45, 7) is -1.72. The first-order valence-electron chi connectivity index (χ1n) is 6.65. The van der Waals surface area contributed by atoms with E-state index in [2.05, 4.69) is 15.4 Å². The molecule has 0 atom stereocenters. The number of ether oxygens (including phenoxy) is 3. The van der Waals surface area contributed by atoms with Crippen LogP contribution in [0.5, 0.6) is 11.5 Å². The van der Waals surface area contributed by atoms with E-state index in [1.165, 1.54) is 25.3 Å². The standard InChI is InChI=1S/C14H20F2N2O4.ClH/c1-20-6-5-17-9-13(19)18-8-10-7-11(21-2)3-4-12(10)22-14(15)16;/h3-4,7,14,17H,5-6,8-9H2,1-2H3,(H,18,19);1H. The molecule has 0 aliphatic carbocycles. The van der Waals surface area contributed by atoms with E-state index in [0.29, 0.717) is 24.5 Å². The molecule has 2 N–H and O–H groups in total. The molecule has 0 unspecified atom stereocenters. The Morgan fingerprint density at radius 2 is 2.04 bits per heavy atom. The average molecular weight is 355 g/mol. The van der Waals surface area contributed by atoms with Crippen molar-refractivity contribution in [1.29, 1.82) is 0 Å². The molecule has 0 heterocycles. The van der Waals surface area contributed by atoms with Gasteiger partial charge in [-0.3, -0.25) is 4.79 Å². The molecule has 0 saturated carbocycles. The summed E-state index contributed by atoms with van der Waals surface area (Å²) in [5.41, 5.74) is 0.407. The Balaban J connectivity index is 0.00000484. The Morgan fingerprint density at radius 1 is 1.30 bits per heavy atom. The van der Waals surface area contributed by atoms with Crippen LogP contribution in [-0.4, -0.2) is 46.4 Å². The lowest BCUT2D eigenvalue weighted by atomic mass is 10.2. The Bertz CT molecular complexity index is 478. The molecule has 0 aliphatic rings. The molecular formula is C14H21ClF2N2O4. The van der Waals surface area contributed by atoms with E-state index >= 15 is 0 Å². The smallest absolute Gasteiger partial charge is 0.387 e. The van der Waals surface area contributed by atoms with Crippen molar-refractivity contribution in [2.24, 2.45) is 0 Å². The van der Waals surface area contributed by atoms with Crippen LogP contribution in [0.2, 0.25) is 0 Å². The van der Waals surface area contributed by atoms with Gasteiger partial charge in [0.15, 0.2) is 0 Å². The van der Waals surface area contributed by atoms with Gasteiger partial charge in [-0.05, 0) is 18.2 Å². The van der Waals surface area contributed by atoms with E-state index < -0.39 is 6.61 Å². The molecule has 1 rings (SSSR count). The van der Waals surface area contributed by atoms with Crippen molar-refractivity contribution in [1.82, 2.24) is 10.6 Å². The minimum absolute atomic E-state index is 0. The van der Waals surface area contributed by atoms with Gasteiger partial charge in [0.25, 0.3) is 0 Å². The Morgan fingerprint density at radius 3 is 2.65 bits per heavy atom. The van der Waals surface area contributed by atoms with Gasteiger partial charge in [0.1, 0.15) is 11.5 Å². The molecule has 1 aromatic carbocycles. The van der Waals surface area contributed by atoms with Crippen molar-refractivity contribution in [2.45, 2.75) is 13.2 Å². The number of nitrogens with one attached hydrogen (secondary N) is 2. The van der Waals surface area contributed by atoms with Crippen LogP contribution in [0.25, 0.3) is 0 Å². The summed E-state index contributed by atoms with van der Waals surface area (Å²) in [6.07, 6.45) is 0. The highest BCUT2D eigenvalue weighted by molar-refractivity contribution is 5.85. The van der Waals surface area contributed by atoms with Gasteiger partial charge in [0.2, 0.25) is 5.91 Å². The number of hydrogen-bond acceptors (Lipinski definition) is 5. The zero-order chi connectivity index (χ0) is 16.4. The third-order valence-electron chi connectivity index (χ3n) is 2.73. The SMILES string of the molecule is COCCNCC(=O)NCc1cc(OC)ccc1OC(F)F.Cl. The first kappa shape index (κ1) is 21.4. The van der Waals surface area contributed by atoms with Gasteiger partial charge in [-0.25, -0.2) is 0 Å². The summed E-state index contributed by atoms with van der Waals surface area (Å²) in [4.78, 5) is 11.6. The van der Waals surface area contributed by atoms with Gasteiger partial charge in [0, 0.05) is 25.8 Å². The van der Waals surface area contributed by atoms with E-state index in [0.717, 1.165) is 0 Å². The number of halogens is 3. The molecule has 0 bridgehead atoms. The van der Waals surface area contributed by atoms with Gasteiger partial charge >= 0.3 is 6.61 Å². The maximum Gasteiger partial charge on any atom is 0.387 e.